The highest BCUT2D eigenvalue weighted by atomic mass is 32.2. The van der Waals surface area contributed by atoms with Gasteiger partial charge in [-0.1, -0.05) is 0 Å². The Labute approximate surface area is 94.1 Å². The van der Waals surface area contributed by atoms with Crippen molar-refractivity contribution < 1.29 is 4.79 Å². The van der Waals surface area contributed by atoms with Gasteiger partial charge in [-0.2, -0.15) is 0 Å². The molecule has 0 saturated carbocycles. The lowest BCUT2D eigenvalue weighted by Gasteiger charge is -2.02. The molecule has 0 atom stereocenters. The fraction of sp³-hybridized carbons (Fsp3) is 0.444. The summed E-state index contributed by atoms with van der Waals surface area (Å²) in [5.74, 6) is -0.219. The summed E-state index contributed by atoms with van der Waals surface area (Å²) in [6.07, 6.45) is 3.17. The van der Waals surface area contributed by atoms with E-state index in [2.05, 4.69) is 20.6 Å². The molecule has 0 aromatic rings. The van der Waals surface area contributed by atoms with Crippen LogP contribution in [0.1, 0.15) is 6.92 Å². The number of carbonyl (C=O) groups excluding carboxylic acids is 1. The van der Waals surface area contributed by atoms with Gasteiger partial charge in [-0.05, 0) is 18.7 Å². The van der Waals surface area contributed by atoms with Gasteiger partial charge in [0.25, 0.3) is 5.91 Å². The molecule has 0 aliphatic carbocycles. The molecule has 0 aliphatic rings. The maximum Gasteiger partial charge on any atom is 0.276 e. The fourth-order valence-corrected chi connectivity index (χ4v) is 1.28. The molecule has 5 nitrogen and oxygen atoms in total. The van der Waals surface area contributed by atoms with E-state index in [0.717, 1.165) is 5.04 Å². The SMILES string of the molecule is C/N=C(\C)S/C(=N\C=C\NC)C(=O)NC. The summed E-state index contributed by atoms with van der Waals surface area (Å²) < 4.78 is 0. The summed E-state index contributed by atoms with van der Waals surface area (Å²) in [4.78, 5) is 19.4. The quantitative estimate of drug-likeness (QED) is 0.537. The molecular formula is C9H16N4OS. The predicted octanol–water partition coefficient (Wildman–Crippen LogP) is 0.603. The third-order valence-corrected chi connectivity index (χ3v) is 2.38. The van der Waals surface area contributed by atoms with E-state index in [1.165, 1.54) is 18.0 Å². The van der Waals surface area contributed by atoms with Crippen molar-refractivity contribution in [3.8, 4) is 0 Å². The Balaban J connectivity index is 4.65. The van der Waals surface area contributed by atoms with E-state index in [1.54, 1.807) is 27.3 Å². The predicted molar refractivity (Wildman–Crippen MR) is 66.3 cm³/mol. The number of amides is 1. The van der Waals surface area contributed by atoms with Crippen LogP contribution in [0.2, 0.25) is 0 Å². The van der Waals surface area contributed by atoms with Crippen LogP contribution in [0.25, 0.3) is 0 Å². The maximum absolute atomic E-state index is 11.4. The average Bonchev–Trinajstić information content (AvgIpc) is 2.26. The van der Waals surface area contributed by atoms with Gasteiger partial charge in [-0.25, -0.2) is 4.99 Å². The fourth-order valence-electron chi connectivity index (χ4n) is 0.603. The minimum Gasteiger partial charge on any atom is -0.393 e. The van der Waals surface area contributed by atoms with E-state index in [-0.39, 0.29) is 5.91 Å². The van der Waals surface area contributed by atoms with E-state index in [9.17, 15) is 4.79 Å². The van der Waals surface area contributed by atoms with Crippen LogP contribution in [0.4, 0.5) is 0 Å². The van der Waals surface area contributed by atoms with E-state index >= 15 is 0 Å². The van der Waals surface area contributed by atoms with Crippen molar-refractivity contribution in [1.82, 2.24) is 10.6 Å². The standard InChI is InChI=1S/C9H16N4OS/c1-7(11-3)15-9(8(14)12-4)13-6-5-10-2/h5-6,10H,1-4H3,(H,12,14)/b6-5+,11-7+,13-9-. The van der Waals surface area contributed by atoms with Crippen molar-refractivity contribution >= 4 is 27.8 Å². The van der Waals surface area contributed by atoms with Crippen LogP contribution in [0.15, 0.2) is 22.4 Å². The first-order valence-electron chi connectivity index (χ1n) is 4.39. The summed E-state index contributed by atoms with van der Waals surface area (Å²) in [6, 6.07) is 0. The molecule has 0 unspecified atom stereocenters. The molecule has 1 amide bonds. The third-order valence-electron chi connectivity index (χ3n) is 1.41. The molecule has 0 rings (SSSR count). The first-order chi connectivity index (χ1) is 7.15. The van der Waals surface area contributed by atoms with Crippen LogP contribution in [-0.4, -0.2) is 37.1 Å². The number of hydrogen-bond donors (Lipinski definition) is 2. The normalized spacial score (nSPS) is 13.1. The molecule has 0 heterocycles. The molecule has 2 N–H and O–H groups in total. The van der Waals surface area contributed by atoms with Crippen LogP contribution < -0.4 is 10.6 Å². The second-order valence-electron chi connectivity index (χ2n) is 2.46. The Morgan fingerprint density at radius 1 is 1.40 bits per heavy atom. The van der Waals surface area contributed by atoms with Gasteiger partial charge >= 0.3 is 0 Å². The van der Waals surface area contributed by atoms with Gasteiger partial charge in [0, 0.05) is 33.5 Å². The number of rotatable bonds is 2. The Bertz CT molecular complexity index is 296. The van der Waals surface area contributed by atoms with Gasteiger partial charge in [-0.15, -0.1) is 0 Å². The lowest BCUT2D eigenvalue weighted by Crippen LogP contribution is -2.26. The number of nitrogens with one attached hydrogen (secondary N) is 2. The smallest absolute Gasteiger partial charge is 0.276 e. The van der Waals surface area contributed by atoms with Gasteiger partial charge in [0.15, 0.2) is 5.04 Å². The van der Waals surface area contributed by atoms with Gasteiger partial charge < -0.3 is 10.6 Å². The van der Waals surface area contributed by atoms with Crippen molar-refractivity contribution in [2.75, 3.05) is 21.1 Å². The second kappa shape index (κ2) is 8.05. The summed E-state index contributed by atoms with van der Waals surface area (Å²) in [5, 5.41) is 6.46. The zero-order chi connectivity index (χ0) is 11.7. The lowest BCUT2D eigenvalue weighted by molar-refractivity contribution is -0.114. The van der Waals surface area contributed by atoms with Gasteiger partial charge in [0.1, 0.15) is 0 Å². The summed E-state index contributed by atoms with van der Waals surface area (Å²) in [7, 11) is 5.00. The van der Waals surface area contributed by atoms with Crippen LogP contribution in [-0.2, 0) is 4.79 Å². The van der Waals surface area contributed by atoms with E-state index in [0.29, 0.717) is 5.04 Å². The molecule has 0 fully saturated rings. The number of thioether (sulfide) groups is 1. The van der Waals surface area contributed by atoms with Gasteiger partial charge in [-0.3, -0.25) is 9.79 Å². The Morgan fingerprint density at radius 2 is 2.07 bits per heavy atom. The van der Waals surface area contributed by atoms with Crippen LogP contribution in [0.5, 0.6) is 0 Å². The monoisotopic (exact) mass is 228 g/mol. The molecule has 84 valence electrons. The topological polar surface area (TPSA) is 65.8 Å². The molecule has 6 heteroatoms. The summed E-state index contributed by atoms with van der Waals surface area (Å²) in [6.45, 7) is 1.82. The highest BCUT2D eigenvalue weighted by molar-refractivity contribution is 8.28. The van der Waals surface area contributed by atoms with Crippen molar-refractivity contribution in [3.63, 3.8) is 0 Å². The number of carbonyl (C=O) groups is 1. The van der Waals surface area contributed by atoms with Crippen LogP contribution in [0.3, 0.4) is 0 Å². The minimum absolute atomic E-state index is 0.219. The first kappa shape index (κ1) is 13.7. The lowest BCUT2D eigenvalue weighted by atomic mass is 10.6. The number of hydrogen-bond acceptors (Lipinski definition) is 5. The van der Waals surface area contributed by atoms with Crippen LogP contribution >= 0.6 is 11.8 Å². The van der Waals surface area contributed by atoms with Gasteiger partial charge in [0.05, 0.1) is 5.04 Å². The second-order valence-corrected chi connectivity index (χ2v) is 3.64. The number of aliphatic imine (C=N–C) groups is 2. The molecule has 0 radical (unpaired) electrons. The highest BCUT2D eigenvalue weighted by Gasteiger charge is 2.10. The third kappa shape index (κ3) is 5.90. The molecule has 0 spiro atoms. The highest BCUT2D eigenvalue weighted by Crippen LogP contribution is 2.07. The molecule has 0 bridgehead atoms. The van der Waals surface area contributed by atoms with Crippen molar-refractivity contribution in [2.45, 2.75) is 6.92 Å². The zero-order valence-electron chi connectivity index (χ0n) is 9.37. The molecular weight excluding hydrogens is 212 g/mol. The molecule has 0 aromatic heterocycles. The van der Waals surface area contributed by atoms with E-state index in [4.69, 9.17) is 0 Å². The Kier molecular flexibility index (Phi) is 7.35. The largest absolute Gasteiger partial charge is 0.393 e. The molecule has 15 heavy (non-hydrogen) atoms. The van der Waals surface area contributed by atoms with E-state index < -0.39 is 0 Å². The first-order valence-corrected chi connectivity index (χ1v) is 5.20. The van der Waals surface area contributed by atoms with Crippen molar-refractivity contribution in [2.24, 2.45) is 9.98 Å². The maximum atomic E-state index is 11.4. The Morgan fingerprint density at radius 3 is 2.53 bits per heavy atom. The van der Waals surface area contributed by atoms with Crippen molar-refractivity contribution in [1.29, 1.82) is 0 Å². The molecule has 0 saturated heterocycles. The Hall–Kier alpha value is -1.30. The minimum atomic E-state index is -0.219. The summed E-state index contributed by atoms with van der Waals surface area (Å²) >= 11 is 1.24. The average molecular weight is 228 g/mol. The van der Waals surface area contributed by atoms with Gasteiger partial charge in [0.2, 0.25) is 0 Å². The molecule has 0 aliphatic heterocycles. The molecule has 0 aromatic carbocycles. The van der Waals surface area contributed by atoms with Crippen molar-refractivity contribution in [3.05, 3.63) is 12.4 Å². The van der Waals surface area contributed by atoms with Crippen LogP contribution in [0, 0.1) is 0 Å². The zero-order valence-corrected chi connectivity index (χ0v) is 10.2. The summed E-state index contributed by atoms with van der Waals surface area (Å²) in [5.41, 5.74) is 0. The van der Waals surface area contributed by atoms with E-state index in [1.807, 2.05) is 6.92 Å². The number of nitrogens with zero attached hydrogens (tertiary/aromatic N) is 2.